The predicted octanol–water partition coefficient (Wildman–Crippen LogP) is 4.38. The molecule has 1 N–H and O–H groups in total. The van der Waals surface area contributed by atoms with Gasteiger partial charge in [0.1, 0.15) is 12.4 Å². The Labute approximate surface area is 137 Å². The van der Waals surface area contributed by atoms with E-state index in [1.807, 2.05) is 36.4 Å². The average molecular weight is 307 g/mol. The van der Waals surface area contributed by atoms with Crippen molar-refractivity contribution in [1.82, 2.24) is 0 Å². The van der Waals surface area contributed by atoms with Crippen LogP contribution < -0.4 is 10.1 Å². The molecule has 0 aromatic heterocycles. The first kappa shape index (κ1) is 15.3. The van der Waals surface area contributed by atoms with E-state index in [9.17, 15) is 4.79 Å². The summed E-state index contributed by atoms with van der Waals surface area (Å²) in [4.78, 5) is 12.4. The summed E-state index contributed by atoms with van der Waals surface area (Å²) in [5.41, 5.74) is 4.19. The summed E-state index contributed by atoms with van der Waals surface area (Å²) in [5, 5.41) is 2.93. The molecule has 0 unspecified atom stereocenters. The van der Waals surface area contributed by atoms with Gasteiger partial charge in [0.05, 0.1) is 0 Å². The van der Waals surface area contributed by atoms with Crippen molar-refractivity contribution in [3.63, 3.8) is 0 Å². The quantitative estimate of drug-likeness (QED) is 0.832. The van der Waals surface area contributed by atoms with Crippen molar-refractivity contribution in [2.75, 3.05) is 11.9 Å². The van der Waals surface area contributed by atoms with Gasteiger partial charge in [0.25, 0.3) is 5.91 Å². The molecule has 0 saturated carbocycles. The lowest BCUT2D eigenvalue weighted by atomic mass is 9.90. The van der Waals surface area contributed by atoms with Gasteiger partial charge >= 0.3 is 0 Å². The standard InChI is InChI=1S/C20H21NO2/c1-2-13-23-19-11-9-18(10-12-19)21-20(22)17-8-7-15-5-3-4-6-16(15)14-17/h2,7-12,14H,1,3-6,13H2,(H,21,22). The highest BCUT2D eigenvalue weighted by molar-refractivity contribution is 6.04. The second-order valence-electron chi connectivity index (χ2n) is 5.77. The van der Waals surface area contributed by atoms with Crippen LogP contribution >= 0.6 is 0 Å². The number of ether oxygens (including phenoxy) is 1. The Morgan fingerprint density at radius 3 is 2.57 bits per heavy atom. The van der Waals surface area contributed by atoms with Crippen molar-refractivity contribution in [3.8, 4) is 5.75 Å². The Hall–Kier alpha value is -2.55. The number of carbonyl (C=O) groups is 1. The minimum atomic E-state index is -0.0712. The first-order valence-corrected chi connectivity index (χ1v) is 8.03. The number of carbonyl (C=O) groups excluding carboxylic acids is 1. The molecule has 3 nitrogen and oxygen atoms in total. The summed E-state index contributed by atoms with van der Waals surface area (Å²) in [6, 6.07) is 13.4. The average Bonchev–Trinajstić information content (AvgIpc) is 2.60. The summed E-state index contributed by atoms with van der Waals surface area (Å²) >= 11 is 0. The number of amides is 1. The van der Waals surface area contributed by atoms with Gasteiger partial charge in [-0.25, -0.2) is 0 Å². The van der Waals surface area contributed by atoms with Gasteiger partial charge in [0, 0.05) is 11.3 Å². The molecule has 0 atom stereocenters. The van der Waals surface area contributed by atoms with Gasteiger partial charge in [0.2, 0.25) is 0 Å². The summed E-state index contributed by atoms with van der Waals surface area (Å²) in [5.74, 6) is 0.690. The van der Waals surface area contributed by atoms with Crippen LogP contribution in [-0.2, 0) is 12.8 Å². The van der Waals surface area contributed by atoms with Crippen LogP contribution in [-0.4, -0.2) is 12.5 Å². The van der Waals surface area contributed by atoms with Gasteiger partial charge < -0.3 is 10.1 Å². The molecule has 118 valence electrons. The first-order chi connectivity index (χ1) is 11.3. The summed E-state index contributed by atoms with van der Waals surface area (Å²) in [6.45, 7) is 4.09. The van der Waals surface area contributed by atoms with Gasteiger partial charge in [-0.1, -0.05) is 18.7 Å². The smallest absolute Gasteiger partial charge is 0.255 e. The molecule has 2 aromatic carbocycles. The maximum Gasteiger partial charge on any atom is 0.255 e. The van der Waals surface area contributed by atoms with Gasteiger partial charge in [-0.3, -0.25) is 4.79 Å². The highest BCUT2D eigenvalue weighted by atomic mass is 16.5. The minimum Gasteiger partial charge on any atom is -0.490 e. The van der Waals surface area contributed by atoms with E-state index in [4.69, 9.17) is 4.74 Å². The lowest BCUT2D eigenvalue weighted by molar-refractivity contribution is 0.102. The number of benzene rings is 2. The normalized spacial score (nSPS) is 13.0. The van der Waals surface area contributed by atoms with Crippen molar-refractivity contribution in [2.24, 2.45) is 0 Å². The fourth-order valence-electron chi connectivity index (χ4n) is 2.87. The minimum absolute atomic E-state index is 0.0712. The van der Waals surface area contributed by atoms with Crippen LogP contribution in [0, 0.1) is 0 Å². The van der Waals surface area contributed by atoms with Crippen LogP contribution in [0.1, 0.15) is 34.3 Å². The first-order valence-electron chi connectivity index (χ1n) is 8.03. The van der Waals surface area contributed by atoms with E-state index in [0.29, 0.717) is 6.61 Å². The molecule has 2 aromatic rings. The third-order valence-electron chi connectivity index (χ3n) is 4.09. The zero-order chi connectivity index (χ0) is 16.1. The highest BCUT2D eigenvalue weighted by Gasteiger charge is 2.13. The van der Waals surface area contributed by atoms with Crippen LogP contribution in [0.3, 0.4) is 0 Å². The molecule has 3 heteroatoms. The Kier molecular flexibility index (Phi) is 4.77. The highest BCUT2D eigenvalue weighted by Crippen LogP contribution is 2.23. The molecule has 0 aliphatic heterocycles. The topological polar surface area (TPSA) is 38.3 Å². The fourth-order valence-corrected chi connectivity index (χ4v) is 2.87. The molecule has 1 amide bonds. The van der Waals surface area contributed by atoms with Crippen molar-refractivity contribution < 1.29 is 9.53 Å². The molecule has 3 rings (SSSR count). The van der Waals surface area contributed by atoms with Crippen molar-refractivity contribution in [1.29, 1.82) is 0 Å². The van der Waals surface area contributed by atoms with Gasteiger partial charge in [-0.2, -0.15) is 0 Å². The third kappa shape index (κ3) is 3.81. The number of hydrogen-bond acceptors (Lipinski definition) is 2. The van der Waals surface area contributed by atoms with E-state index in [0.717, 1.165) is 29.8 Å². The molecule has 1 aliphatic rings. The van der Waals surface area contributed by atoms with Gasteiger partial charge in [0.15, 0.2) is 0 Å². The number of nitrogens with one attached hydrogen (secondary N) is 1. The maximum absolute atomic E-state index is 12.4. The van der Waals surface area contributed by atoms with E-state index in [1.165, 1.54) is 24.0 Å². The van der Waals surface area contributed by atoms with Crippen molar-refractivity contribution in [2.45, 2.75) is 25.7 Å². The molecular weight excluding hydrogens is 286 g/mol. The zero-order valence-corrected chi connectivity index (χ0v) is 13.2. The molecular formula is C20H21NO2. The number of hydrogen-bond donors (Lipinski definition) is 1. The largest absolute Gasteiger partial charge is 0.490 e. The number of anilines is 1. The summed E-state index contributed by atoms with van der Waals surface area (Å²) in [7, 11) is 0. The van der Waals surface area contributed by atoms with E-state index in [1.54, 1.807) is 6.08 Å². The lowest BCUT2D eigenvalue weighted by Gasteiger charge is -2.16. The second-order valence-corrected chi connectivity index (χ2v) is 5.77. The van der Waals surface area contributed by atoms with Crippen LogP contribution in [0.2, 0.25) is 0 Å². The Morgan fingerprint density at radius 2 is 1.83 bits per heavy atom. The van der Waals surface area contributed by atoms with Crippen LogP contribution in [0.15, 0.2) is 55.1 Å². The molecule has 0 saturated heterocycles. The Balaban J connectivity index is 1.67. The van der Waals surface area contributed by atoms with Crippen LogP contribution in [0.4, 0.5) is 5.69 Å². The van der Waals surface area contributed by atoms with E-state index >= 15 is 0 Å². The van der Waals surface area contributed by atoms with E-state index in [-0.39, 0.29) is 5.91 Å². The zero-order valence-electron chi connectivity index (χ0n) is 13.2. The molecule has 0 fully saturated rings. The molecule has 1 aliphatic carbocycles. The van der Waals surface area contributed by atoms with Crippen molar-refractivity contribution >= 4 is 11.6 Å². The monoisotopic (exact) mass is 307 g/mol. The maximum atomic E-state index is 12.4. The third-order valence-corrected chi connectivity index (χ3v) is 4.09. The van der Waals surface area contributed by atoms with Gasteiger partial charge in [-0.15, -0.1) is 0 Å². The molecule has 0 bridgehead atoms. The van der Waals surface area contributed by atoms with E-state index < -0.39 is 0 Å². The Bertz CT molecular complexity index is 704. The molecule has 0 radical (unpaired) electrons. The molecule has 0 spiro atoms. The molecule has 0 heterocycles. The number of aryl methyl sites for hydroxylation is 2. The summed E-state index contributed by atoms with van der Waals surface area (Å²) < 4.78 is 5.43. The predicted molar refractivity (Wildman–Crippen MR) is 93.2 cm³/mol. The summed E-state index contributed by atoms with van der Waals surface area (Å²) in [6.07, 6.45) is 6.37. The van der Waals surface area contributed by atoms with Crippen LogP contribution in [0.5, 0.6) is 5.75 Å². The SMILES string of the molecule is C=CCOc1ccc(NC(=O)c2ccc3c(c2)CCCC3)cc1. The molecule has 23 heavy (non-hydrogen) atoms. The van der Waals surface area contributed by atoms with Crippen molar-refractivity contribution in [3.05, 3.63) is 71.8 Å². The number of rotatable bonds is 5. The van der Waals surface area contributed by atoms with Crippen LogP contribution in [0.25, 0.3) is 0 Å². The van der Waals surface area contributed by atoms with Gasteiger partial charge in [-0.05, 0) is 73.2 Å². The second kappa shape index (κ2) is 7.14. The lowest BCUT2D eigenvalue weighted by Crippen LogP contribution is -2.13. The van der Waals surface area contributed by atoms with E-state index in [2.05, 4.69) is 18.0 Å². The Morgan fingerprint density at radius 1 is 1.09 bits per heavy atom. The fraction of sp³-hybridized carbons (Fsp3) is 0.250. The number of fused-ring (bicyclic) bond motifs is 1.